The second kappa shape index (κ2) is 5.85. The van der Waals surface area contributed by atoms with Crippen LogP contribution in [0.4, 0.5) is 5.69 Å². The highest BCUT2D eigenvalue weighted by Crippen LogP contribution is 2.21. The Labute approximate surface area is 111 Å². The molecule has 2 rings (SSSR count). The second-order valence-corrected chi connectivity index (χ2v) is 4.73. The number of carbonyl (C=O) groups is 1. The molecule has 1 fully saturated rings. The van der Waals surface area contributed by atoms with E-state index in [1.54, 1.807) is 18.2 Å². The molecule has 18 heavy (non-hydrogen) atoms. The highest BCUT2D eigenvalue weighted by Gasteiger charge is 2.21. The number of carbonyl (C=O) groups excluding carboxylic acids is 1. The molecule has 1 aromatic carbocycles. The van der Waals surface area contributed by atoms with Crippen LogP contribution in [0.2, 0.25) is 5.02 Å². The van der Waals surface area contributed by atoms with Crippen molar-refractivity contribution in [3.63, 3.8) is 0 Å². The number of hydrogen-bond acceptors (Lipinski definition) is 3. The van der Waals surface area contributed by atoms with Crippen LogP contribution in [0.15, 0.2) is 18.2 Å². The molecule has 1 saturated heterocycles. The standard InChI is InChI=1S/C13H14ClN3O/c14-10-5-4-9(8-15)12(7-10)17-13(18)11-3-1-2-6-16-11/h4-5,7,11,16H,1-3,6H2,(H,17,18)/t11-/m0/s1. The average molecular weight is 264 g/mol. The molecule has 1 heterocycles. The lowest BCUT2D eigenvalue weighted by Crippen LogP contribution is -2.43. The van der Waals surface area contributed by atoms with Crippen molar-refractivity contribution in [3.05, 3.63) is 28.8 Å². The van der Waals surface area contributed by atoms with Gasteiger partial charge in [0, 0.05) is 5.02 Å². The van der Waals surface area contributed by atoms with E-state index in [2.05, 4.69) is 10.6 Å². The zero-order valence-electron chi connectivity index (χ0n) is 9.87. The van der Waals surface area contributed by atoms with Gasteiger partial charge < -0.3 is 10.6 Å². The molecule has 5 heteroatoms. The summed E-state index contributed by atoms with van der Waals surface area (Å²) in [7, 11) is 0. The van der Waals surface area contributed by atoms with Crippen molar-refractivity contribution < 1.29 is 4.79 Å². The lowest BCUT2D eigenvalue weighted by molar-refractivity contribution is -0.118. The predicted molar refractivity (Wildman–Crippen MR) is 70.4 cm³/mol. The second-order valence-electron chi connectivity index (χ2n) is 4.29. The van der Waals surface area contributed by atoms with Gasteiger partial charge in [0.15, 0.2) is 0 Å². The molecule has 0 saturated carbocycles. The molecule has 1 amide bonds. The molecule has 0 aromatic heterocycles. The molecule has 1 aliphatic heterocycles. The summed E-state index contributed by atoms with van der Waals surface area (Å²) >= 11 is 5.87. The van der Waals surface area contributed by atoms with E-state index in [0.717, 1.165) is 25.8 Å². The Kier molecular flexibility index (Phi) is 4.19. The van der Waals surface area contributed by atoms with Crippen molar-refractivity contribution in [1.82, 2.24) is 5.32 Å². The monoisotopic (exact) mass is 263 g/mol. The van der Waals surface area contributed by atoms with Crippen LogP contribution in [0.25, 0.3) is 0 Å². The van der Waals surface area contributed by atoms with E-state index < -0.39 is 0 Å². The number of piperidine rings is 1. The molecule has 2 N–H and O–H groups in total. The lowest BCUT2D eigenvalue weighted by Gasteiger charge is -2.22. The summed E-state index contributed by atoms with van der Waals surface area (Å²) in [4.78, 5) is 12.0. The minimum atomic E-state index is -0.177. The average Bonchev–Trinajstić information content (AvgIpc) is 2.40. The van der Waals surface area contributed by atoms with Crippen LogP contribution in [-0.2, 0) is 4.79 Å². The number of benzene rings is 1. The normalized spacial score (nSPS) is 19.0. The van der Waals surface area contributed by atoms with Crippen LogP contribution in [0.1, 0.15) is 24.8 Å². The van der Waals surface area contributed by atoms with Gasteiger partial charge in [-0.1, -0.05) is 18.0 Å². The van der Waals surface area contributed by atoms with Crippen molar-refractivity contribution in [2.24, 2.45) is 0 Å². The van der Waals surface area contributed by atoms with E-state index in [9.17, 15) is 4.79 Å². The van der Waals surface area contributed by atoms with Crippen LogP contribution in [0.3, 0.4) is 0 Å². The van der Waals surface area contributed by atoms with Crippen LogP contribution in [0, 0.1) is 11.3 Å². The Bertz CT molecular complexity index is 489. The summed E-state index contributed by atoms with van der Waals surface area (Å²) in [5.41, 5.74) is 0.894. The third-order valence-corrected chi connectivity index (χ3v) is 3.22. The topological polar surface area (TPSA) is 64.9 Å². The van der Waals surface area contributed by atoms with Gasteiger partial charge in [-0.15, -0.1) is 0 Å². The number of halogens is 1. The fourth-order valence-corrected chi connectivity index (χ4v) is 2.18. The predicted octanol–water partition coefficient (Wildman–Crippen LogP) is 2.29. The quantitative estimate of drug-likeness (QED) is 0.860. The Morgan fingerprint density at radius 1 is 1.50 bits per heavy atom. The Hall–Kier alpha value is -1.57. The van der Waals surface area contributed by atoms with E-state index in [-0.39, 0.29) is 11.9 Å². The van der Waals surface area contributed by atoms with Gasteiger partial charge in [0.2, 0.25) is 5.91 Å². The Morgan fingerprint density at radius 2 is 2.33 bits per heavy atom. The number of anilines is 1. The first kappa shape index (κ1) is 12.9. The van der Waals surface area contributed by atoms with Crippen molar-refractivity contribution in [3.8, 4) is 6.07 Å². The first-order valence-corrected chi connectivity index (χ1v) is 6.32. The largest absolute Gasteiger partial charge is 0.323 e. The molecule has 0 bridgehead atoms. The van der Waals surface area contributed by atoms with E-state index >= 15 is 0 Å². The smallest absolute Gasteiger partial charge is 0.241 e. The zero-order chi connectivity index (χ0) is 13.0. The van der Waals surface area contributed by atoms with E-state index in [1.165, 1.54) is 0 Å². The van der Waals surface area contributed by atoms with Gasteiger partial charge >= 0.3 is 0 Å². The minimum Gasteiger partial charge on any atom is -0.323 e. The van der Waals surface area contributed by atoms with Crippen LogP contribution in [-0.4, -0.2) is 18.5 Å². The van der Waals surface area contributed by atoms with E-state index in [0.29, 0.717) is 16.3 Å². The van der Waals surface area contributed by atoms with Gasteiger partial charge in [0.25, 0.3) is 0 Å². The fraction of sp³-hybridized carbons (Fsp3) is 0.385. The summed E-state index contributed by atoms with van der Waals surface area (Å²) in [5, 5.41) is 15.4. The number of nitrogens with zero attached hydrogens (tertiary/aromatic N) is 1. The van der Waals surface area contributed by atoms with Crippen LogP contribution in [0.5, 0.6) is 0 Å². The third-order valence-electron chi connectivity index (χ3n) is 2.99. The van der Waals surface area contributed by atoms with Gasteiger partial charge in [0.1, 0.15) is 6.07 Å². The maximum absolute atomic E-state index is 12.0. The molecule has 94 valence electrons. The molecule has 1 aliphatic rings. The van der Waals surface area contributed by atoms with E-state index in [1.807, 2.05) is 6.07 Å². The Morgan fingerprint density at radius 3 is 3.00 bits per heavy atom. The first-order chi connectivity index (χ1) is 8.70. The third kappa shape index (κ3) is 3.00. The number of hydrogen-bond donors (Lipinski definition) is 2. The van der Waals surface area contributed by atoms with Gasteiger partial charge in [-0.25, -0.2) is 0 Å². The SMILES string of the molecule is N#Cc1ccc(Cl)cc1NC(=O)[C@@H]1CCCCN1. The molecule has 0 radical (unpaired) electrons. The van der Waals surface area contributed by atoms with Crippen molar-refractivity contribution in [1.29, 1.82) is 5.26 Å². The highest BCUT2D eigenvalue weighted by molar-refractivity contribution is 6.31. The van der Waals surface area contributed by atoms with E-state index in [4.69, 9.17) is 16.9 Å². The number of rotatable bonds is 2. The van der Waals surface area contributed by atoms with Crippen molar-refractivity contribution in [2.45, 2.75) is 25.3 Å². The fourth-order valence-electron chi connectivity index (χ4n) is 2.01. The molecular weight excluding hydrogens is 250 g/mol. The summed E-state index contributed by atoms with van der Waals surface area (Å²) in [6.45, 7) is 0.860. The van der Waals surface area contributed by atoms with Gasteiger partial charge in [-0.05, 0) is 37.6 Å². The molecule has 0 unspecified atom stereocenters. The minimum absolute atomic E-state index is 0.103. The van der Waals surface area contributed by atoms with Gasteiger partial charge in [-0.3, -0.25) is 4.79 Å². The maximum atomic E-state index is 12.0. The lowest BCUT2D eigenvalue weighted by atomic mass is 10.0. The summed E-state index contributed by atoms with van der Waals surface area (Å²) in [5.74, 6) is -0.103. The van der Waals surface area contributed by atoms with Gasteiger partial charge in [-0.2, -0.15) is 5.26 Å². The number of amides is 1. The number of nitrogens with one attached hydrogen (secondary N) is 2. The molecule has 1 atom stereocenters. The zero-order valence-corrected chi connectivity index (χ0v) is 10.6. The van der Waals surface area contributed by atoms with Crippen molar-refractivity contribution >= 4 is 23.2 Å². The first-order valence-electron chi connectivity index (χ1n) is 5.94. The summed E-state index contributed by atoms with van der Waals surface area (Å²) in [6.07, 6.45) is 2.98. The van der Waals surface area contributed by atoms with Crippen molar-refractivity contribution in [2.75, 3.05) is 11.9 Å². The molecule has 0 aliphatic carbocycles. The maximum Gasteiger partial charge on any atom is 0.241 e. The van der Waals surface area contributed by atoms with Gasteiger partial charge in [0.05, 0.1) is 17.3 Å². The Balaban J connectivity index is 2.11. The number of nitriles is 1. The highest BCUT2D eigenvalue weighted by atomic mass is 35.5. The molecule has 0 spiro atoms. The summed E-state index contributed by atoms with van der Waals surface area (Å²) in [6, 6.07) is 6.70. The van der Waals surface area contributed by atoms with Crippen LogP contribution < -0.4 is 10.6 Å². The molecular formula is C13H14ClN3O. The van der Waals surface area contributed by atoms with Crippen LogP contribution >= 0.6 is 11.6 Å². The molecule has 4 nitrogen and oxygen atoms in total. The molecule has 1 aromatic rings. The summed E-state index contributed by atoms with van der Waals surface area (Å²) < 4.78 is 0.